The van der Waals surface area contributed by atoms with Crippen LogP contribution >= 0.6 is 0 Å². The van der Waals surface area contributed by atoms with E-state index in [4.69, 9.17) is 5.73 Å². The SMILES string of the molecule is C[C@@H](N)C(=O)Nc1cc(-n2cnnn2)ccc1F. The Kier molecular flexibility index (Phi) is 3.28. The molecule has 1 amide bonds. The number of carbonyl (C=O) groups is 1. The summed E-state index contributed by atoms with van der Waals surface area (Å²) in [6.45, 7) is 1.51. The summed E-state index contributed by atoms with van der Waals surface area (Å²) in [4.78, 5) is 11.4. The molecule has 0 saturated carbocycles. The van der Waals surface area contributed by atoms with Crippen LogP contribution in [-0.2, 0) is 4.79 Å². The van der Waals surface area contributed by atoms with Crippen molar-refractivity contribution in [3.8, 4) is 5.69 Å². The second kappa shape index (κ2) is 4.88. The van der Waals surface area contributed by atoms with Crippen LogP contribution < -0.4 is 11.1 Å². The number of anilines is 1. The van der Waals surface area contributed by atoms with Crippen LogP contribution in [0.15, 0.2) is 24.5 Å². The Morgan fingerprint density at radius 2 is 2.33 bits per heavy atom. The first kappa shape index (κ1) is 12.1. The number of halogens is 1. The highest BCUT2D eigenvalue weighted by molar-refractivity contribution is 5.94. The van der Waals surface area contributed by atoms with Gasteiger partial charge in [0.2, 0.25) is 5.91 Å². The first-order chi connectivity index (χ1) is 8.58. The van der Waals surface area contributed by atoms with E-state index in [1.54, 1.807) is 0 Å². The quantitative estimate of drug-likeness (QED) is 0.804. The zero-order valence-electron chi connectivity index (χ0n) is 9.54. The topological polar surface area (TPSA) is 98.7 Å². The van der Waals surface area contributed by atoms with Crippen LogP contribution in [0.4, 0.5) is 10.1 Å². The standard InChI is InChI=1S/C10H11FN6O/c1-6(12)10(18)14-9-4-7(2-3-8(9)11)17-5-13-15-16-17/h2-6H,12H2,1H3,(H,14,18)/t6-/m1/s1. The lowest BCUT2D eigenvalue weighted by molar-refractivity contribution is -0.117. The van der Waals surface area contributed by atoms with E-state index in [0.29, 0.717) is 5.69 Å². The number of nitrogens with zero attached hydrogens (tertiary/aromatic N) is 4. The number of nitrogens with two attached hydrogens (primary N) is 1. The average molecular weight is 250 g/mol. The molecule has 7 nitrogen and oxygen atoms in total. The molecule has 0 saturated heterocycles. The summed E-state index contributed by atoms with van der Waals surface area (Å²) < 4.78 is 14.9. The van der Waals surface area contributed by atoms with E-state index in [9.17, 15) is 9.18 Å². The molecule has 1 heterocycles. The molecule has 0 bridgehead atoms. The molecule has 94 valence electrons. The summed E-state index contributed by atoms with van der Waals surface area (Å²) in [5.74, 6) is -1.02. The molecule has 0 spiro atoms. The van der Waals surface area contributed by atoms with E-state index < -0.39 is 17.8 Å². The Bertz CT molecular complexity index is 554. The van der Waals surface area contributed by atoms with Gasteiger partial charge >= 0.3 is 0 Å². The molecule has 1 aromatic heterocycles. The molecule has 3 N–H and O–H groups in total. The zero-order chi connectivity index (χ0) is 13.1. The maximum atomic E-state index is 13.5. The molecule has 2 aromatic rings. The van der Waals surface area contributed by atoms with Crippen LogP contribution in [0.25, 0.3) is 5.69 Å². The average Bonchev–Trinajstić information content (AvgIpc) is 2.85. The van der Waals surface area contributed by atoms with Gasteiger partial charge in [-0.1, -0.05) is 0 Å². The predicted octanol–water partition coefficient (Wildman–Crippen LogP) is 0.0871. The second-order valence-corrected chi connectivity index (χ2v) is 3.70. The van der Waals surface area contributed by atoms with Gasteiger partial charge in [0.1, 0.15) is 12.1 Å². The van der Waals surface area contributed by atoms with Crippen molar-refractivity contribution in [3.05, 3.63) is 30.3 Å². The fraction of sp³-hybridized carbons (Fsp3) is 0.200. The number of aromatic nitrogens is 4. The van der Waals surface area contributed by atoms with E-state index in [1.807, 2.05) is 0 Å². The summed E-state index contributed by atoms with van der Waals surface area (Å²) >= 11 is 0. The number of hydrogen-bond donors (Lipinski definition) is 2. The fourth-order valence-electron chi connectivity index (χ4n) is 1.28. The van der Waals surface area contributed by atoms with Gasteiger partial charge in [0, 0.05) is 0 Å². The normalized spacial score (nSPS) is 12.2. The minimum Gasteiger partial charge on any atom is -0.322 e. The van der Waals surface area contributed by atoms with Crippen LogP contribution in [0.3, 0.4) is 0 Å². The van der Waals surface area contributed by atoms with Crippen molar-refractivity contribution in [2.75, 3.05) is 5.32 Å². The summed E-state index contributed by atoms with van der Waals surface area (Å²) in [6.07, 6.45) is 1.37. The van der Waals surface area contributed by atoms with Crippen molar-refractivity contribution in [3.63, 3.8) is 0 Å². The van der Waals surface area contributed by atoms with Crippen molar-refractivity contribution in [2.24, 2.45) is 5.73 Å². The molecular formula is C10H11FN6O. The van der Waals surface area contributed by atoms with E-state index >= 15 is 0 Å². The number of hydrogen-bond acceptors (Lipinski definition) is 5. The molecule has 1 aromatic carbocycles. The van der Waals surface area contributed by atoms with Gasteiger partial charge in [0.15, 0.2) is 0 Å². The molecule has 18 heavy (non-hydrogen) atoms. The summed E-state index contributed by atoms with van der Waals surface area (Å²) in [5, 5.41) is 13.0. The molecule has 0 fully saturated rings. The highest BCUT2D eigenvalue weighted by atomic mass is 19.1. The first-order valence-electron chi connectivity index (χ1n) is 5.17. The van der Waals surface area contributed by atoms with Gasteiger partial charge in [-0.25, -0.2) is 9.07 Å². The van der Waals surface area contributed by atoms with Crippen LogP contribution in [0.1, 0.15) is 6.92 Å². The van der Waals surface area contributed by atoms with Gasteiger partial charge in [-0.15, -0.1) is 5.10 Å². The fourth-order valence-corrected chi connectivity index (χ4v) is 1.28. The molecule has 0 aliphatic carbocycles. The van der Waals surface area contributed by atoms with Gasteiger partial charge in [0.25, 0.3) is 0 Å². The lowest BCUT2D eigenvalue weighted by atomic mass is 10.2. The minimum atomic E-state index is -0.721. The van der Waals surface area contributed by atoms with Crippen molar-refractivity contribution in [2.45, 2.75) is 13.0 Å². The minimum absolute atomic E-state index is 0.0327. The van der Waals surface area contributed by atoms with Crippen LogP contribution in [0.2, 0.25) is 0 Å². The third-order valence-corrected chi connectivity index (χ3v) is 2.23. The Morgan fingerprint density at radius 3 is 2.94 bits per heavy atom. The van der Waals surface area contributed by atoms with Gasteiger partial charge in [-0.3, -0.25) is 4.79 Å². The number of tetrazole rings is 1. The number of amides is 1. The van der Waals surface area contributed by atoms with Crippen molar-refractivity contribution in [1.82, 2.24) is 20.2 Å². The summed E-state index contributed by atoms with van der Waals surface area (Å²) in [7, 11) is 0. The molecule has 2 rings (SSSR count). The summed E-state index contributed by atoms with van der Waals surface area (Å²) in [6, 6.07) is 3.41. The predicted molar refractivity (Wildman–Crippen MR) is 61.4 cm³/mol. The highest BCUT2D eigenvalue weighted by Crippen LogP contribution is 2.18. The molecule has 8 heteroatoms. The third-order valence-electron chi connectivity index (χ3n) is 2.23. The van der Waals surface area contributed by atoms with Gasteiger partial charge in [-0.05, 0) is 35.5 Å². The van der Waals surface area contributed by atoms with E-state index in [2.05, 4.69) is 20.8 Å². The monoisotopic (exact) mass is 250 g/mol. The van der Waals surface area contributed by atoms with Crippen molar-refractivity contribution >= 4 is 11.6 Å². The summed E-state index contributed by atoms with van der Waals surface area (Å²) in [5.41, 5.74) is 5.96. The molecule has 0 aliphatic rings. The van der Waals surface area contributed by atoms with Gasteiger partial charge in [-0.2, -0.15) is 0 Å². The highest BCUT2D eigenvalue weighted by Gasteiger charge is 2.12. The Labute approximate surface area is 102 Å². The Hall–Kier alpha value is -2.35. The Balaban J connectivity index is 2.30. The van der Waals surface area contributed by atoms with Crippen molar-refractivity contribution < 1.29 is 9.18 Å². The molecular weight excluding hydrogens is 239 g/mol. The van der Waals surface area contributed by atoms with Gasteiger partial charge in [0.05, 0.1) is 17.4 Å². The number of benzene rings is 1. The van der Waals surface area contributed by atoms with E-state index in [0.717, 1.165) is 0 Å². The number of nitrogens with one attached hydrogen (secondary N) is 1. The first-order valence-corrected chi connectivity index (χ1v) is 5.17. The lowest BCUT2D eigenvalue weighted by Crippen LogP contribution is -2.32. The number of carbonyl (C=O) groups excluding carboxylic acids is 1. The largest absolute Gasteiger partial charge is 0.322 e. The zero-order valence-corrected chi connectivity index (χ0v) is 9.54. The smallest absolute Gasteiger partial charge is 0.241 e. The van der Waals surface area contributed by atoms with Crippen LogP contribution in [0, 0.1) is 5.82 Å². The molecule has 1 atom stereocenters. The third kappa shape index (κ3) is 2.48. The van der Waals surface area contributed by atoms with E-state index in [1.165, 1.54) is 36.1 Å². The molecule has 0 aliphatic heterocycles. The van der Waals surface area contributed by atoms with Crippen molar-refractivity contribution in [1.29, 1.82) is 0 Å². The van der Waals surface area contributed by atoms with Crippen LogP contribution in [0.5, 0.6) is 0 Å². The second-order valence-electron chi connectivity index (χ2n) is 3.70. The number of rotatable bonds is 3. The lowest BCUT2D eigenvalue weighted by Gasteiger charge is -2.10. The maximum absolute atomic E-state index is 13.5. The van der Waals surface area contributed by atoms with Gasteiger partial charge < -0.3 is 11.1 Å². The maximum Gasteiger partial charge on any atom is 0.241 e. The molecule has 0 unspecified atom stereocenters. The van der Waals surface area contributed by atoms with E-state index in [-0.39, 0.29) is 5.69 Å². The molecule has 0 radical (unpaired) electrons. The van der Waals surface area contributed by atoms with Crippen LogP contribution in [-0.4, -0.2) is 32.2 Å². The Morgan fingerprint density at radius 1 is 1.56 bits per heavy atom.